The predicted molar refractivity (Wildman–Crippen MR) is 82.9 cm³/mol. The van der Waals surface area contributed by atoms with Crippen LogP contribution in [-0.2, 0) is 6.54 Å². The summed E-state index contributed by atoms with van der Waals surface area (Å²) in [5.41, 5.74) is 0.909. The smallest absolute Gasteiger partial charge is 0.241 e. The van der Waals surface area contributed by atoms with Gasteiger partial charge in [0.2, 0.25) is 11.7 Å². The van der Waals surface area contributed by atoms with Crippen molar-refractivity contribution < 1.29 is 4.52 Å². The Hall–Kier alpha value is -1.75. The topological polar surface area (TPSA) is 55.1 Å². The Balaban J connectivity index is 1.48. The average molecular weight is 298 g/mol. The lowest BCUT2D eigenvalue weighted by Gasteiger charge is -2.43. The normalized spacial score (nSPS) is 25.8. The van der Waals surface area contributed by atoms with Crippen LogP contribution in [0.4, 0.5) is 0 Å². The number of likely N-dealkylation sites (tertiary alicyclic amines) is 1. The molecule has 1 aliphatic carbocycles. The molecule has 2 fully saturated rings. The summed E-state index contributed by atoms with van der Waals surface area (Å²) in [6.07, 6.45) is 11.7. The van der Waals surface area contributed by atoms with E-state index >= 15 is 0 Å². The molecule has 22 heavy (non-hydrogen) atoms. The Morgan fingerprint density at radius 3 is 3.00 bits per heavy atom. The van der Waals surface area contributed by atoms with Crippen LogP contribution in [0.15, 0.2) is 29.0 Å². The molecule has 5 heteroatoms. The third-order valence-corrected chi connectivity index (χ3v) is 5.08. The van der Waals surface area contributed by atoms with Gasteiger partial charge >= 0.3 is 0 Å². The van der Waals surface area contributed by atoms with E-state index in [0.717, 1.165) is 36.5 Å². The molecular weight excluding hydrogens is 276 g/mol. The molecule has 0 unspecified atom stereocenters. The zero-order chi connectivity index (χ0) is 14.8. The standard InChI is InChI=1S/C17H22N4O/c1-2-8-15-13(5-1)7-4-10-21(15)12-16-19-17(20-22-16)14-6-3-9-18-11-14/h3,6,9,11,13,15H,1-2,4-5,7-8,10,12H2/t13-,15-/m1/s1. The highest BCUT2D eigenvalue weighted by Crippen LogP contribution is 2.35. The van der Waals surface area contributed by atoms with Crippen molar-refractivity contribution >= 4 is 0 Å². The lowest BCUT2D eigenvalue weighted by atomic mass is 9.78. The fourth-order valence-corrected chi connectivity index (χ4v) is 4.03. The number of pyridine rings is 1. The molecule has 1 saturated carbocycles. The van der Waals surface area contributed by atoms with E-state index < -0.39 is 0 Å². The number of piperidine rings is 1. The minimum Gasteiger partial charge on any atom is -0.338 e. The molecule has 0 amide bonds. The van der Waals surface area contributed by atoms with E-state index in [4.69, 9.17) is 4.52 Å². The van der Waals surface area contributed by atoms with Crippen LogP contribution in [0, 0.1) is 5.92 Å². The largest absolute Gasteiger partial charge is 0.338 e. The van der Waals surface area contributed by atoms with Crippen LogP contribution in [0.5, 0.6) is 0 Å². The van der Waals surface area contributed by atoms with Gasteiger partial charge < -0.3 is 4.52 Å². The fraction of sp³-hybridized carbons (Fsp3) is 0.588. The summed E-state index contributed by atoms with van der Waals surface area (Å²) >= 11 is 0. The molecule has 2 aromatic heterocycles. The van der Waals surface area contributed by atoms with Gasteiger partial charge in [-0.05, 0) is 50.3 Å². The van der Waals surface area contributed by atoms with Crippen molar-refractivity contribution in [1.82, 2.24) is 20.0 Å². The van der Waals surface area contributed by atoms with Crippen molar-refractivity contribution in [2.24, 2.45) is 5.92 Å². The van der Waals surface area contributed by atoms with Gasteiger partial charge in [-0.2, -0.15) is 4.98 Å². The molecule has 0 bridgehead atoms. The summed E-state index contributed by atoms with van der Waals surface area (Å²) in [7, 11) is 0. The highest BCUT2D eigenvalue weighted by atomic mass is 16.5. The first kappa shape index (κ1) is 13.9. The summed E-state index contributed by atoms with van der Waals surface area (Å²) in [6, 6.07) is 4.57. The Morgan fingerprint density at radius 2 is 2.09 bits per heavy atom. The van der Waals surface area contributed by atoms with Crippen LogP contribution >= 0.6 is 0 Å². The van der Waals surface area contributed by atoms with Gasteiger partial charge in [-0.3, -0.25) is 9.88 Å². The van der Waals surface area contributed by atoms with Crippen LogP contribution in [0.2, 0.25) is 0 Å². The molecule has 3 heterocycles. The second kappa shape index (κ2) is 6.16. The molecule has 0 spiro atoms. The highest BCUT2D eigenvalue weighted by Gasteiger charge is 2.33. The van der Waals surface area contributed by atoms with Crippen LogP contribution in [0.1, 0.15) is 44.4 Å². The van der Waals surface area contributed by atoms with Gasteiger partial charge in [0, 0.05) is 24.0 Å². The van der Waals surface area contributed by atoms with Gasteiger partial charge in [-0.1, -0.05) is 18.0 Å². The first-order valence-electron chi connectivity index (χ1n) is 8.37. The van der Waals surface area contributed by atoms with Gasteiger partial charge in [0.1, 0.15) is 0 Å². The quantitative estimate of drug-likeness (QED) is 0.870. The van der Waals surface area contributed by atoms with E-state index in [1.807, 2.05) is 12.1 Å². The van der Waals surface area contributed by atoms with Crippen LogP contribution in [-0.4, -0.2) is 32.6 Å². The Bertz CT molecular complexity index is 610. The molecule has 4 rings (SSSR count). The minimum absolute atomic E-state index is 0.639. The first-order valence-corrected chi connectivity index (χ1v) is 8.37. The number of nitrogens with zero attached hydrogens (tertiary/aromatic N) is 4. The van der Waals surface area contributed by atoms with E-state index in [1.165, 1.54) is 38.5 Å². The summed E-state index contributed by atoms with van der Waals surface area (Å²) in [5, 5.41) is 4.10. The maximum absolute atomic E-state index is 5.47. The van der Waals surface area contributed by atoms with Gasteiger partial charge in [-0.15, -0.1) is 0 Å². The molecular formula is C17H22N4O. The van der Waals surface area contributed by atoms with Crippen LogP contribution in [0.25, 0.3) is 11.4 Å². The summed E-state index contributed by atoms with van der Waals surface area (Å²) in [6.45, 7) is 1.94. The van der Waals surface area contributed by atoms with Crippen molar-refractivity contribution in [3.63, 3.8) is 0 Å². The van der Waals surface area contributed by atoms with Gasteiger partial charge in [0.15, 0.2) is 0 Å². The molecule has 0 aromatic carbocycles. The Morgan fingerprint density at radius 1 is 1.18 bits per heavy atom. The summed E-state index contributed by atoms with van der Waals surface area (Å²) in [5.74, 6) is 2.24. The molecule has 2 atom stereocenters. The first-order chi connectivity index (χ1) is 10.9. The second-order valence-electron chi connectivity index (χ2n) is 6.48. The van der Waals surface area contributed by atoms with E-state index in [0.29, 0.717) is 5.82 Å². The zero-order valence-corrected chi connectivity index (χ0v) is 12.8. The second-order valence-corrected chi connectivity index (χ2v) is 6.48. The Kier molecular flexibility index (Phi) is 3.89. The van der Waals surface area contributed by atoms with Crippen molar-refractivity contribution in [1.29, 1.82) is 0 Å². The van der Waals surface area contributed by atoms with Crippen molar-refractivity contribution in [2.45, 2.75) is 51.1 Å². The SMILES string of the molecule is c1cncc(-c2noc(CN3CCC[C@H]4CCCC[C@H]43)n2)c1. The molecule has 5 nitrogen and oxygen atoms in total. The number of rotatable bonds is 3. The van der Waals surface area contributed by atoms with Crippen LogP contribution < -0.4 is 0 Å². The maximum Gasteiger partial charge on any atom is 0.241 e. The zero-order valence-electron chi connectivity index (χ0n) is 12.8. The average Bonchev–Trinajstić information content (AvgIpc) is 3.05. The monoisotopic (exact) mass is 298 g/mol. The molecule has 2 aromatic rings. The molecule has 0 radical (unpaired) electrons. The van der Waals surface area contributed by atoms with Gasteiger partial charge in [0.05, 0.1) is 6.54 Å². The summed E-state index contributed by atoms with van der Waals surface area (Å²) in [4.78, 5) is 11.2. The summed E-state index contributed by atoms with van der Waals surface area (Å²) < 4.78 is 5.47. The molecule has 1 aliphatic heterocycles. The molecule has 1 saturated heterocycles. The molecule has 0 N–H and O–H groups in total. The number of hydrogen-bond donors (Lipinski definition) is 0. The predicted octanol–water partition coefficient (Wildman–Crippen LogP) is 3.29. The molecule has 2 aliphatic rings. The van der Waals surface area contributed by atoms with E-state index in [2.05, 4.69) is 20.0 Å². The minimum atomic E-state index is 0.639. The third-order valence-electron chi connectivity index (χ3n) is 5.08. The Labute approximate surface area is 130 Å². The van der Waals surface area contributed by atoms with E-state index in [-0.39, 0.29) is 0 Å². The van der Waals surface area contributed by atoms with Crippen molar-refractivity contribution in [3.05, 3.63) is 30.4 Å². The number of fused-ring (bicyclic) bond motifs is 1. The van der Waals surface area contributed by atoms with E-state index in [1.54, 1.807) is 12.4 Å². The van der Waals surface area contributed by atoms with Crippen LogP contribution in [0.3, 0.4) is 0 Å². The fourth-order valence-electron chi connectivity index (χ4n) is 4.03. The van der Waals surface area contributed by atoms with Gasteiger partial charge in [0.25, 0.3) is 0 Å². The highest BCUT2D eigenvalue weighted by molar-refractivity contribution is 5.51. The number of aromatic nitrogens is 3. The van der Waals surface area contributed by atoms with Crippen molar-refractivity contribution in [3.8, 4) is 11.4 Å². The van der Waals surface area contributed by atoms with Gasteiger partial charge in [-0.25, -0.2) is 0 Å². The van der Waals surface area contributed by atoms with Crippen molar-refractivity contribution in [2.75, 3.05) is 6.54 Å². The number of hydrogen-bond acceptors (Lipinski definition) is 5. The lowest BCUT2D eigenvalue weighted by molar-refractivity contribution is 0.0466. The maximum atomic E-state index is 5.47. The lowest BCUT2D eigenvalue weighted by Crippen LogP contribution is -2.46. The van der Waals surface area contributed by atoms with E-state index in [9.17, 15) is 0 Å². The third kappa shape index (κ3) is 2.77. The molecule has 116 valence electrons.